The van der Waals surface area contributed by atoms with Crippen LogP contribution in [0.4, 0.5) is 0 Å². The van der Waals surface area contributed by atoms with Gasteiger partial charge in [0.15, 0.2) is 0 Å². The minimum absolute atomic E-state index is 0.102. The minimum atomic E-state index is 0.102. The van der Waals surface area contributed by atoms with Gasteiger partial charge in [0.1, 0.15) is 0 Å². The molecule has 0 aromatic heterocycles. The van der Waals surface area contributed by atoms with Crippen LogP contribution in [0.25, 0.3) is 0 Å². The molecule has 0 saturated heterocycles. The lowest BCUT2D eigenvalue weighted by Crippen LogP contribution is -2.26. The molecule has 3 heteroatoms. The number of carbonyl (C=O) groups is 1. The summed E-state index contributed by atoms with van der Waals surface area (Å²) in [4.78, 5) is 11.2. The molecule has 0 radical (unpaired) electrons. The summed E-state index contributed by atoms with van der Waals surface area (Å²) in [5.74, 6) is 0.541. The van der Waals surface area contributed by atoms with Gasteiger partial charge in [-0.05, 0) is 25.2 Å². The van der Waals surface area contributed by atoms with Crippen molar-refractivity contribution in [3.05, 3.63) is 12.2 Å². The lowest BCUT2D eigenvalue weighted by atomic mass is 10.1. The second kappa shape index (κ2) is 5.75. The highest BCUT2D eigenvalue weighted by Gasteiger charge is 2.12. The van der Waals surface area contributed by atoms with Gasteiger partial charge in [-0.25, -0.2) is 0 Å². The van der Waals surface area contributed by atoms with Crippen LogP contribution in [0.3, 0.4) is 0 Å². The number of aliphatic hydroxyl groups excluding tert-OH is 1. The van der Waals surface area contributed by atoms with Crippen molar-refractivity contribution in [1.82, 2.24) is 5.32 Å². The molecule has 0 bridgehead atoms. The first-order chi connectivity index (χ1) is 6.33. The van der Waals surface area contributed by atoms with E-state index < -0.39 is 0 Å². The number of nitrogens with one attached hydrogen (secondary N) is 1. The predicted octanol–water partition coefficient (Wildman–Crippen LogP) is 0.841. The number of hydrogen-bond donors (Lipinski definition) is 2. The van der Waals surface area contributed by atoms with Crippen LogP contribution in [0.5, 0.6) is 0 Å². The molecule has 0 heterocycles. The Morgan fingerprint density at radius 3 is 3.08 bits per heavy atom. The molecular weight excluding hydrogens is 166 g/mol. The fourth-order valence-corrected chi connectivity index (χ4v) is 1.48. The normalized spacial score (nSPS) is 20.5. The van der Waals surface area contributed by atoms with Gasteiger partial charge in [-0.15, -0.1) is 0 Å². The second-order valence-electron chi connectivity index (χ2n) is 3.40. The molecule has 1 amide bonds. The topological polar surface area (TPSA) is 49.3 Å². The Bertz CT molecular complexity index is 189. The molecule has 2 N–H and O–H groups in total. The zero-order valence-electron chi connectivity index (χ0n) is 7.83. The van der Waals surface area contributed by atoms with E-state index in [2.05, 4.69) is 17.5 Å². The van der Waals surface area contributed by atoms with E-state index in [9.17, 15) is 4.79 Å². The van der Waals surface area contributed by atoms with Gasteiger partial charge >= 0.3 is 0 Å². The maximum atomic E-state index is 11.2. The molecule has 1 aliphatic carbocycles. The Labute approximate surface area is 78.8 Å². The van der Waals surface area contributed by atoms with E-state index in [-0.39, 0.29) is 12.5 Å². The molecule has 0 aliphatic heterocycles. The zero-order chi connectivity index (χ0) is 9.52. The maximum Gasteiger partial charge on any atom is 0.220 e. The van der Waals surface area contributed by atoms with Crippen molar-refractivity contribution in [3.63, 3.8) is 0 Å². The number of aliphatic hydroxyl groups is 1. The fraction of sp³-hybridized carbons (Fsp3) is 0.700. The van der Waals surface area contributed by atoms with E-state index in [0.717, 1.165) is 12.8 Å². The van der Waals surface area contributed by atoms with Gasteiger partial charge in [0.2, 0.25) is 5.91 Å². The molecule has 0 saturated carbocycles. The molecule has 3 nitrogen and oxygen atoms in total. The highest BCUT2D eigenvalue weighted by atomic mass is 16.3. The van der Waals surface area contributed by atoms with E-state index in [1.807, 2.05) is 0 Å². The van der Waals surface area contributed by atoms with E-state index in [4.69, 9.17) is 5.11 Å². The average molecular weight is 183 g/mol. The molecule has 0 aromatic carbocycles. The van der Waals surface area contributed by atoms with Crippen molar-refractivity contribution < 1.29 is 9.90 Å². The summed E-state index contributed by atoms with van der Waals surface area (Å²) in [6.07, 6.45) is 7.70. The molecule has 1 aliphatic rings. The lowest BCUT2D eigenvalue weighted by molar-refractivity contribution is -0.121. The van der Waals surface area contributed by atoms with E-state index in [1.54, 1.807) is 0 Å². The van der Waals surface area contributed by atoms with E-state index in [0.29, 0.717) is 25.3 Å². The smallest absolute Gasteiger partial charge is 0.220 e. The summed E-state index contributed by atoms with van der Waals surface area (Å²) in [7, 11) is 0. The van der Waals surface area contributed by atoms with Crippen molar-refractivity contribution in [1.29, 1.82) is 0 Å². The fourth-order valence-electron chi connectivity index (χ4n) is 1.48. The molecule has 0 fully saturated rings. The van der Waals surface area contributed by atoms with Crippen molar-refractivity contribution in [2.45, 2.75) is 25.7 Å². The van der Waals surface area contributed by atoms with Crippen LogP contribution >= 0.6 is 0 Å². The number of hydrogen-bond acceptors (Lipinski definition) is 2. The quantitative estimate of drug-likeness (QED) is 0.490. The zero-order valence-corrected chi connectivity index (χ0v) is 7.83. The van der Waals surface area contributed by atoms with Crippen LogP contribution in [0, 0.1) is 5.92 Å². The van der Waals surface area contributed by atoms with E-state index in [1.165, 1.54) is 0 Å². The first-order valence-electron chi connectivity index (χ1n) is 4.87. The van der Waals surface area contributed by atoms with Crippen LogP contribution in [0.15, 0.2) is 12.2 Å². The summed E-state index contributed by atoms with van der Waals surface area (Å²) in [6, 6.07) is 0. The third kappa shape index (κ3) is 4.08. The Morgan fingerprint density at radius 1 is 1.62 bits per heavy atom. The minimum Gasteiger partial charge on any atom is -0.396 e. The lowest BCUT2D eigenvalue weighted by Gasteiger charge is -2.07. The summed E-state index contributed by atoms with van der Waals surface area (Å²) < 4.78 is 0. The molecule has 0 aromatic rings. The highest BCUT2D eigenvalue weighted by molar-refractivity contribution is 5.76. The van der Waals surface area contributed by atoms with Gasteiger partial charge in [0.05, 0.1) is 0 Å². The first-order valence-corrected chi connectivity index (χ1v) is 4.87. The van der Waals surface area contributed by atoms with Crippen molar-refractivity contribution in [2.24, 2.45) is 5.92 Å². The van der Waals surface area contributed by atoms with Crippen molar-refractivity contribution in [3.8, 4) is 0 Å². The van der Waals surface area contributed by atoms with Gasteiger partial charge in [0.25, 0.3) is 0 Å². The van der Waals surface area contributed by atoms with Gasteiger partial charge in [0, 0.05) is 19.6 Å². The monoisotopic (exact) mass is 183 g/mol. The van der Waals surface area contributed by atoms with Gasteiger partial charge in [-0.3, -0.25) is 4.79 Å². The SMILES string of the molecule is O=C(CC1C=CCC1)NCCCO. The van der Waals surface area contributed by atoms with Crippen molar-refractivity contribution in [2.75, 3.05) is 13.2 Å². The van der Waals surface area contributed by atoms with Gasteiger partial charge in [-0.2, -0.15) is 0 Å². The Hall–Kier alpha value is -0.830. The molecule has 1 rings (SSSR count). The van der Waals surface area contributed by atoms with Crippen LogP contribution in [-0.2, 0) is 4.79 Å². The molecule has 0 spiro atoms. The van der Waals surface area contributed by atoms with Crippen LogP contribution in [0.1, 0.15) is 25.7 Å². The highest BCUT2D eigenvalue weighted by Crippen LogP contribution is 2.19. The molecule has 74 valence electrons. The molecular formula is C10H17NO2. The summed E-state index contributed by atoms with van der Waals surface area (Å²) in [5, 5.41) is 11.3. The maximum absolute atomic E-state index is 11.2. The van der Waals surface area contributed by atoms with Gasteiger partial charge in [-0.1, -0.05) is 12.2 Å². The van der Waals surface area contributed by atoms with Gasteiger partial charge < -0.3 is 10.4 Å². The standard InChI is InChI=1S/C10H17NO2/c12-7-3-6-11-10(13)8-9-4-1-2-5-9/h1,4,9,12H,2-3,5-8H2,(H,11,13). The Balaban J connectivity index is 2.06. The number of rotatable bonds is 5. The predicted molar refractivity (Wildman–Crippen MR) is 51.2 cm³/mol. The molecule has 1 atom stereocenters. The molecule has 1 unspecified atom stereocenters. The Morgan fingerprint density at radius 2 is 2.46 bits per heavy atom. The van der Waals surface area contributed by atoms with Crippen LogP contribution < -0.4 is 5.32 Å². The Kier molecular flexibility index (Phi) is 4.54. The summed E-state index contributed by atoms with van der Waals surface area (Å²) in [6.45, 7) is 0.732. The third-order valence-corrected chi connectivity index (χ3v) is 2.22. The first kappa shape index (κ1) is 10.3. The average Bonchev–Trinajstić information content (AvgIpc) is 2.57. The number of allylic oxidation sites excluding steroid dienone is 2. The molecule has 13 heavy (non-hydrogen) atoms. The van der Waals surface area contributed by atoms with E-state index >= 15 is 0 Å². The second-order valence-corrected chi connectivity index (χ2v) is 3.40. The number of carbonyl (C=O) groups excluding carboxylic acids is 1. The van der Waals surface area contributed by atoms with Crippen LogP contribution in [0.2, 0.25) is 0 Å². The van der Waals surface area contributed by atoms with Crippen LogP contribution in [-0.4, -0.2) is 24.2 Å². The number of amides is 1. The summed E-state index contributed by atoms with van der Waals surface area (Å²) in [5.41, 5.74) is 0. The third-order valence-electron chi connectivity index (χ3n) is 2.22. The summed E-state index contributed by atoms with van der Waals surface area (Å²) >= 11 is 0. The largest absolute Gasteiger partial charge is 0.396 e. The van der Waals surface area contributed by atoms with Crippen molar-refractivity contribution >= 4 is 5.91 Å².